The molecule has 0 atom stereocenters. The van der Waals surface area contributed by atoms with Gasteiger partial charge in [0.25, 0.3) is 0 Å². The van der Waals surface area contributed by atoms with Crippen LogP contribution in [0.3, 0.4) is 0 Å². The molecule has 78 valence electrons. The van der Waals surface area contributed by atoms with Gasteiger partial charge < -0.3 is 4.74 Å². The van der Waals surface area contributed by atoms with Gasteiger partial charge in [-0.3, -0.25) is 0 Å². The molecule has 0 unspecified atom stereocenters. The fraction of sp³-hybridized carbons (Fsp3) is 0.364. The third-order valence-electron chi connectivity index (χ3n) is 1.36. The van der Waals surface area contributed by atoms with Crippen molar-refractivity contribution in [2.75, 3.05) is 6.61 Å². The fourth-order valence-corrected chi connectivity index (χ4v) is 0.800. The summed E-state index contributed by atoms with van der Waals surface area (Å²) in [5, 5.41) is 0. The molecule has 0 aromatic heterocycles. The van der Waals surface area contributed by atoms with Gasteiger partial charge in [-0.25, -0.2) is 9.18 Å². The van der Waals surface area contributed by atoms with Crippen molar-refractivity contribution in [1.82, 2.24) is 0 Å². The van der Waals surface area contributed by atoms with E-state index >= 15 is 0 Å². The Balaban J connectivity index is 0.000000791. The van der Waals surface area contributed by atoms with Crippen LogP contribution in [0.2, 0.25) is 0 Å². The molecule has 0 saturated carbocycles. The van der Waals surface area contributed by atoms with Gasteiger partial charge in [-0.2, -0.15) is 0 Å². The van der Waals surface area contributed by atoms with Gasteiger partial charge in [0, 0.05) is 0 Å². The second-order valence-corrected chi connectivity index (χ2v) is 2.23. The first-order valence-corrected chi connectivity index (χ1v) is 4.66. The Morgan fingerprint density at radius 2 is 1.79 bits per heavy atom. The quantitative estimate of drug-likeness (QED) is 0.683. The summed E-state index contributed by atoms with van der Waals surface area (Å²) in [6.07, 6.45) is 0. The summed E-state index contributed by atoms with van der Waals surface area (Å²) in [7, 11) is 0. The lowest BCUT2D eigenvalue weighted by molar-refractivity contribution is 0.0526. The van der Waals surface area contributed by atoms with Crippen LogP contribution in [0, 0.1) is 5.82 Å². The van der Waals surface area contributed by atoms with Gasteiger partial charge in [0.2, 0.25) is 0 Å². The first-order valence-electron chi connectivity index (χ1n) is 4.66. The number of carbonyl (C=O) groups excluding carboxylic acids is 1. The van der Waals surface area contributed by atoms with Crippen LogP contribution in [0.15, 0.2) is 24.3 Å². The molecular weight excluding hydrogens is 183 g/mol. The molecule has 0 aliphatic carbocycles. The Bertz CT molecular complexity index is 267. The minimum absolute atomic E-state index is 0.330. The van der Waals surface area contributed by atoms with Crippen LogP contribution in [0.5, 0.6) is 0 Å². The van der Waals surface area contributed by atoms with Crippen molar-refractivity contribution in [3.8, 4) is 0 Å². The molecule has 0 aliphatic rings. The molecule has 1 rings (SSSR count). The molecule has 0 fully saturated rings. The minimum atomic E-state index is -0.419. The molecule has 0 radical (unpaired) electrons. The highest BCUT2D eigenvalue weighted by molar-refractivity contribution is 5.89. The van der Waals surface area contributed by atoms with Crippen molar-refractivity contribution >= 4 is 5.97 Å². The third kappa shape index (κ3) is 4.03. The Morgan fingerprint density at radius 3 is 2.21 bits per heavy atom. The van der Waals surface area contributed by atoms with Crippen molar-refractivity contribution in [2.45, 2.75) is 20.8 Å². The van der Waals surface area contributed by atoms with E-state index in [2.05, 4.69) is 0 Å². The first-order chi connectivity index (χ1) is 6.74. The Kier molecular flexibility index (Phi) is 6.37. The van der Waals surface area contributed by atoms with Crippen LogP contribution in [-0.2, 0) is 4.74 Å². The van der Waals surface area contributed by atoms with E-state index in [1.807, 2.05) is 13.8 Å². The van der Waals surface area contributed by atoms with E-state index in [0.29, 0.717) is 12.2 Å². The van der Waals surface area contributed by atoms with Gasteiger partial charge in [0.1, 0.15) is 5.82 Å². The lowest BCUT2D eigenvalue weighted by Gasteiger charge is -1.99. The molecule has 1 aromatic carbocycles. The molecule has 3 heteroatoms. The monoisotopic (exact) mass is 198 g/mol. The summed E-state index contributed by atoms with van der Waals surface area (Å²) >= 11 is 0. The van der Waals surface area contributed by atoms with Crippen molar-refractivity contribution in [3.05, 3.63) is 35.6 Å². The van der Waals surface area contributed by atoms with Gasteiger partial charge in [0.15, 0.2) is 0 Å². The lowest BCUT2D eigenvalue weighted by atomic mass is 10.2. The van der Waals surface area contributed by atoms with E-state index in [4.69, 9.17) is 4.74 Å². The van der Waals surface area contributed by atoms with Crippen LogP contribution in [0.4, 0.5) is 4.39 Å². The molecule has 0 aliphatic heterocycles. The summed E-state index contributed by atoms with van der Waals surface area (Å²) in [6, 6.07) is 5.25. The van der Waals surface area contributed by atoms with E-state index in [-0.39, 0.29) is 5.82 Å². The molecule has 0 spiro atoms. The summed E-state index contributed by atoms with van der Waals surface area (Å²) in [6.45, 7) is 6.05. The Morgan fingerprint density at radius 1 is 1.29 bits per heavy atom. The highest BCUT2D eigenvalue weighted by Crippen LogP contribution is 2.03. The minimum Gasteiger partial charge on any atom is -0.462 e. The van der Waals surface area contributed by atoms with E-state index in [1.54, 1.807) is 6.92 Å². The molecule has 14 heavy (non-hydrogen) atoms. The third-order valence-corrected chi connectivity index (χ3v) is 1.36. The van der Waals surface area contributed by atoms with Gasteiger partial charge in [-0.05, 0) is 31.2 Å². The zero-order valence-electron chi connectivity index (χ0n) is 8.71. The van der Waals surface area contributed by atoms with Gasteiger partial charge in [-0.15, -0.1) is 0 Å². The van der Waals surface area contributed by atoms with Crippen LogP contribution >= 0.6 is 0 Å². The number of rotatable bonds is 2. The van der Waals surface area contributed by atoms with Crippen molar-refractivity contribution in [1.29, 1.82) is 0 Å². The van der Waals surface area contributed by atoms with Crippen molar-refractivity contribution in [2.24, 2.45) is 0 Å². The van der Waals surface area contributed by atoms with Gasteiger partial charge in [0.05, 0.1) is 12.2 Å². The van der Waals surface area contributed by atoms with Crippen molar-refractivity contribution in [3.63, 3.8) is 0 Å². The summed E-state index contributed by atoms with van der Waals surface area (Å²) < 4.78 is 17.1. The molecule has 2 nitrogen and oxygen atoms in total. The van der Waals surface area contributed by atoms with Crippen LogP contribution in [-0.4, -0.2) is 12.6 Å². The molecule has 0 bridgehead atoms. The molecule has 1 aromatic rings. The second-order valence-electron chi connectivity index (χ2n) is 2.23. The maximum Gasteiger partial charge on any atom is 0.338 e. The smallest absolute Gasteiger partial charge is 0.338 e. The zero-order valence-corrected chi connectivity index (χ0v) is 8.71. The number of benzene rings is 1. The second kappa shape index (κ2) is 7.06. The van der Waals surface area contributed by atoms with E-state index in [9.17, 15) is 9.18 Å². The predicted octanol–water partition coefficient (Wildman–Crippen LogP) is 3.03. The number of hydrogen-bond acceptors (Lipinski definition) is 2. The maximum atomic E-state index is 12.4. The molecule has 0 saturated heterocycles. The largest absolute Gasteiger partial charge is 0.462 e. The lowest BCUT2D eigenvalue weighted by Crippen LogP contribution is -2.03. The topological polar surface area (TPSA) is 26.3 Å². The van der Waals surface area contributed by atoms with Crippen molar-refractivity contribution < 1.29 is 13.9 Å². The summed E-state index contributed by atoms with van der Waals surface area (Å²) in [5.41, 5.74) is 0.373. The fourth-order valence-electron chi connectivity index (χ4n) is 0.800. The van der Waals surface area contributed by atoms with Gasteiger partial charge in [-0.1, -0.05) is 13.8 Å². The van der Waals surface area contributed by atoms with Crippen LogP contribution in [0.1, 0.15) is 31.1 Å². The molecule has 0 heterocycles. The van der Waals surface area contributed by atoms with E-state index in [1.165, 1.54) is 24.3 Å². The Labute approximate surface area is 83.7 Å². The molecule has 0 N–H and O–H groups in total. The zero-order chi connectivity index (χ0) is 11.0. The average Bonchev–Trinajstić information content (AvgIpc) is 2.22. The summed E-state index contributed by atoms with van der Waals surface area (Å²) in [5.74, 6) is -0.777. The molecule has 0 amide bonds. The normalized spacial score (nSPS) is 8.57. The maximum absolute atomic E-state index is 12.4. The highest BCUT2D eigenvalue weighted by atomic mass is 19.1. The SMILES string of the molecule is CC.CCOC(=O)c1ccc(F)cc1. The summed E-state index contributed by atoms with van der Waals surface area (Å²) in [4.78, 5) is 11.0. The van der Waals surface area contributed by atoms with Crippen LogP contribution in [0.25, 0.3) is 0 Å². The Hall–Kier alpha value is -1.38. The first kappa shape index (κ1) is 12.6. The number of hydrogen-bond donors (Lipinski definition) is 0. The average molecular weight is 198 g/mol. The van der Waals surface area contributed by atoms with E-state index < -0.39 is 5.97 Å². The van der Waals surface area contributed by atoms with Crippen LogP contribution < -0.4 is 0 Å². The highest BCUT2D eigenvalue weighted by Gasteiger charge is 2.04. The number of esters is 1. The molecular formula is C11H15FO2. The van der Waals surface area contributed by atoms with Gasteiger partial charge >= 0.3 is 5.97 Å². The number of halogens is 1. The van der Waals surface area contributed by atoms with E-state index in [0.717, 1.165) is 0 Å². The number of ether oxygens (including phenoxy) is 1. The number of carbonyl (C=O) groups is 1. The standard InChI is InChI=1S/C9H9FO2.C2H6/c1-2-12-9(11)7-3-5-8(10)6-4-7;1-2/h3-6H,2H2,1H3;1-2H3. The predicted molar refractivity (Wildman–Crippen MR) is 53.7 cm³/mol.